The van der Waals surface area contributed by atoms with Crippen LogP contribution in [0.25, 0.3) is 11.3 Å². The van der Waals surface area contributed by atoms with Gasteiger partial charge in [0.2, 0.25) is 0 Å². The first-order valence-electron chi connectivity index (χ1n) is 7.11. The number of aryl methyl sites for hydroxylation is 1. The molecule has 0 radical (unpaired) electrons. The first-order chi connectivity index (χ1) is 11.7. The maximum absolute atomic E-state index is 11.7. The van der Waals surface area contributed by atoms with Crippen LogP contribution >= 0.6 is 23.1 Å². The molecule has 0 spiro atoms. The van der Waals surface area contributed by atoms with Crippen molar-refractivity contribution >= 4 is 35.2 Å². The summed E-state index contributed by atoms with van der Waals surface area (Å²) in [5.74, 6) is 1.35. The van der Waals surface area contributed by atoms with Crippen LogP contribution in [0.3, 0.4) is 0 Å². The SMILES string of the molecule is Cc1nnc(SCC(=O)N/N=C\c2ccc(-c3ccccc3)o2)s1. The monoisotopic (exact) mass is 358 g/mol. The van der Waals surface area contributed by atoms with E-state index in [-0.39, 0.29) is 11.7 Å². The number of amides is 1. The van der Waals surface area contributed by atoms with Gasteiger partial charge in [-0.1, -0.05) is 53.4 Å². The van der Waals surface area contributed by atoms with E-state index in [9.17, 15) is 4.79 Å². The first kappa shape index (κ1) is 16.4. The number of hydrogen-bond acceptors (Lipinski definition) is 7. The van der Waals surface area contributed by atoms with Crippen LogP contribution < -0.4 is 5.43 Å². The number of benzene rings is 1. The molecular formula is C16H14N4O2S2. The lowest BCUT2D eigenvalue weighted by atomic mass is 10.2. The highest BCUT2D eigenvalue weighted by molar-refractivity contribution is 8.01. The van der Waals surface area contributed by atoms with Gasteiger partial charge in [0.15, 0.2) is 4.34 Å². The molecule has 0 unspecified atom stereocenters. The molecular weight excluding hydrogens is 344 g/mol. The van der Waals surface area contributed by atoms with Crippen LogP contribution in [0, 0.1) is 6.92 Å². The molecule has 1 amide bonds. The molecule has 122 valence electrons. The minimum Gasteiger partial charge on any atom is -0.455 e. The summed E-state index contributed by atoms with van der Waals surface area (Å²) in [5, 5.41) is 12.6. The highest BCUT2D eigenvalue weighted by Gasteiger charge is 2.06. The second kappa shape index (κ2) is 7.89. The number of thioether (sulfide) groups is 1. The van der Waals surface area contributed by atoms with Gasteiger partial charge in [-0.3, -0.25) is 4.79 Å². The smallest absolute Gasteiger partial charge is 0.250 e. The van der Waals surface area contributed by atoms with E-state index in [1.165, 1.54) is 29.3 Å². The van der Waals surface area contributed by atoms with E-state index >= 15 is 0 Å². The fourth-order valence-electron chi connectivity index (χ4n) is 1.84. The predicted octanol–water partition coefficient (Wildman–Crippen LogP) is 3.35. The molecule has 0 aliphatic rings. The molecule has 1 aromatic carbocycles. The van der Waals surface area contributed by atoms with Crippen molar-refractivity contribution in [1.82, 2.24) is 15.6 Å². The number of hydrazone groups is 1. The molecule has 0 fully saturated rings. The zero-order valence-electron chi connectivity index (χ0n) is 12.8. The zero-order chi connectivity index (χ0) is 16.8. The van der Waals surface area contributed by atoms with E-state index in [0.717, 1.165) is 20.7 Å². The minimum absolute atomic E-state index is 0.209. The van der Waals surface area contributed by atoms with Crippen LogP contribution in [0.5, 0.6) is 0 Å². The van der Waals surface area contributed by atoms with Crippen molar-refractivity contribution < 1.29 is 9.21 Å². The van der Waals surface area contributed by atoms with E-state index in [4.69, 9.17) is 4.42 Å². The fourth-order valence-corrected chi connectivity index (χ4v) is 3.45. The van der Waals surface area contributed by atoms with E-state index in [0.29, 0.717) is 5.76 Å². The maximum atomic E-state index is 11.7. The van der Waals surface area contributed by atoms with E-state index in [1.807, 2.05) is 43.3 Å². The molecule has 0 aliphatic carbocycles. The second-order valence-electron chi connectivity index (χ2n) is 4.74. The summed E-state index contributed by atoms with van der Waals surface area (Å²) in [6, 6.07) is 13.4. The molecule has 0 aliphatic heterocycles. The molecule has 24 heavy (non-hydrogen) atoms. The van der Waals surface area contributed by atoms with E-state index < -0.39 is 0 Å². The van der Waals surface area contributed by atoms with Crippen molar-refractivity contribution in [1.29, 1.82) is 0 Å². The number of aromatic nitrogens is 2. The van der Waals surface area contributed by atoms with Crippen LogP contribution in [0.4, 0.5) is 0 Å². The molecule has 2 heterocycles. The number of rotatable bonds is 6. The fraction of sp³-hybridized carbons (Fsp3) is 0.125. The Morgan fingerprint density at radius 3 is 2.88 bits per heavy atom. The Morgan fingerprint density at radius 2 is 2.12 bits per heavy atom. The summed E-state index contributed by atoms with van der Waals surface area (Å²) in [6.45, 7) is 1.87. The third kappa shape index (κ3) is 4.53. The van der Waals surface area contributed by atoms with Crippen molar-refractivity contribution in [3.05, 3.63) is 53.2 Å². The third-order valence-electron chi connectivity index (χ3n) is 2.90. The first-order valence-corrected chi connectivity index (χ1v) is 8.91. The summed E-state index contributed by atoms with van der Waals surface area (Å²) in [5.41, 5.74) is 3.45. The van der Waals surface area contributed by atoms with Crippen molar-refractivity contribution in [2.45, 2.75) is 11.3 Å². The number of carbonyl (C=O) groups excluding carboxylic acids is 1. The maximum Gasteiger partial charge on any atom is 0.250 e. The standard InChI is InChI=1S/C16H14N4O2S2/c1-11-18-20-16(24-11)23-10-15(21)19-17-9-13-7-8-14(22-13)12-5-3-2-4-6-12/h2-9H,10H2,1H3,(H,19,21)/b17-9-. The highest BCUT2D eigenvalue weighted by Crippen LogP contribution is 2.22. The van der Waals surface area contributed by atoms with Crippen LogP contribution in [-0.2, 0) is 4.79 Å². The van der Waals surface area contributed by atoms with Crippen LogP contribution in [0.15, 0.2) is 56.3 Å². The Labute approximate surface area is 147 Å². The van der Waals surface area contributed by atoms with Gasteiger partial charge in [-0.25, -0.2) is 5.43 Å². The molecule has 1 N–H and O–H groups in total. The van der Waals surface area contributed by atoms with Crippen molar-refractivity contribution in [3.63, 3.8) is 0 Å². The Hall–Kier alpha value is -2.45. The lowest BCUT2D eigenvalue weighted by Gasteiger charge is -1.97. The summed E-state index contributed by atoms with van der Waals surface area (Å²) < 4.78 is 6.43. The number of nitrogens with one attached hydrogen (secondary N) is 1. The average molecular weight is 358 g/mol. The Bertz CT molecular complexity index is 843. The largest absolute Gasteiger partial charge is 0.455 e. The molecule has 6 nitrogen and oxygen atoms in total. The number of hydrogen-bond donors (Lipinski definition) is 1. The molecule has 0 saturated heterocycles. The summed E-state index contributed by atoms with van der Waals surface area (Å²) in [4.78, 5) is 11.7. The number of furan rings is 1. The molecule has 3 aromatic rings. The van der Waals surface area contributed by atoms with E-state index in [2.05, 4.69) is 20.7 Å². The van der Waals surface area contributed by atoms with Gasteiger partial charge < -0.3 is 4.42 Å². The van der Waals surface area contributed by atoms with Gasteiger partial charge in [-0.2, -0.15) is 5.10 Å². The number of nitrogens with zero attached hydrogens (tertiary/aromatic N) is 3. The highest BCUT2D eigenvalue weighted by atomic mass is 32.2. The zero-order valence-corrected chi connectivity index (χ0v) is 14.4. The predicted molar refractivity (Wildman–Crippen MR) is 95.3 cm³/mol. The van der Waals surface area contributed by atoms with Gasteiger partial charge in [0.1, 0.15) is 16.5 Å². The van der Waals surface area contributed by atoms with E-state index in [1.54, 1.807) is 6.07 Å². The molecule has 0 bridgehead atoms. The Balaban J connectivity index is 1.49. The normalized spacial score (nSPS) is 11.0. The molecule has 0 atom stereocenters. The summed E-state index contributed by atoms with van der Waals surface area (Å²) in [6.07, 6.45) is 1.48. The number of carbonyl (C=O) groups is 1. The lowest BCUT2D eigenvalue weighted by Crippen LogP contribution is -2.19. The molecule has 2 aromatic heterocycles. The van der Waals surface area contributed by atoms with Gasteiger partial charge >= 0.3 is 0 Å². The topological polar surface area (TPSA) is 80.4 Å². The third-order valence-corrected chi connectivity index (χ3v) is 4.87. The molecule has 3 rings (SSSR count). The average Bonchev–Trinajstić information content (AvgIpc) is 3.23. The summed E-state index contributed by atoms with van der Waals surface area (Å²) in [7, 11) is 0. The van der Waals surface area contributed by atoms with Gasteiger partial charge in [0.05, 0.1) is 12.0 Å². The lowest BCUT2D eigenvalue weighted by molar-refractivity contribution is -0.118. The quantitative estimate of drug-likeness (QED) is 0.415. The Morgan fingerprint density at radius 1 is 1.29 bits per heavy atom. The van der Waals surface area contributed by atoms with Crippen LogP contribution in [0.2, 0.25) is 0 Å². The molecule has 8 heteroatoms. The van der Waals surface area contributed by atoms with Crippen LogP contribution in [0.1, 0.15) is 10.8 Å². The Kier molecular flexibility index (Phi) is 5.39. The van der Waals surface area contributed by atoms with Crippen molar-refractivity contribution in [2.75, 3.05) is 5.75 Å². The van der Waals surface area contributed by atoms with Gasteiger partial charge in [0.25, 0.3) is 5.91 Å². The van der Waals surface area contributed by atoms with Gasteiger partial charge in [0, 0.05) is 5.56 Å². The van der Waals surface area contributed by atoms with Crippen molar-refractivity contribution in [3.8, 4) is 11.3 Å². The van der Waals surface area contributed by atoms with Gasteiger partial charge in [-0.15, -0.1) is 10.2 Å². The van der Waals surface area contributed by atoms with Crippen LogP contribution in [-0.4, -0.2) is 28.1 Å². The minimum atomic E-state index is -0.209. The molecule has 0 saturated carbocycles. The van der Waals surface area contributed by atoms with Crippen molar-refractivity contribution in [2.24, 2.45) is 5.10 Å². The second-order valence-corrected chi connectivity index (χ2v) is 7.14. The summed E-state index contributed by atoms with van der Waals surface area (Å²) >= 11 is 2.79. The van der Waals surface area contributed by atoms with Gasteiger partial charge in [-0.05, 0) is 19.1 Å².